The van der Waals surface area contributed by atoms with Crippen molar-refractivity contribution in [1.82, 2.24) is 0 Å². The van der Waals surface area contributed by atoms with Crippen LogP contribution in [0.1, 0.15) is 27.0 Å². The number of aryl methyl sites for hydroxylation is 2. The highest BCUT2D eigenvalue weighted by Crippen LogP contribution is 2.25. The number of fused-ring (bicyclic) bond motifs is 1. The Hall–Kier alpha value is -2.61. The van der Waals surface area contributed by atoms with Gasteiger partial charge in [-0.05, 0) is 53.9 Å². The number of hydrogen-bond acceptors (Lipinski definition) is 2. The molecule has 0 fully saturated rings. The van der Waals surface area contributed by atoms with Crippen LogP contribution in [0.2, 0.25) is 0 Å². The summed E-state index contributed by atoms with van der Waals surface area (Å²) in [4.78, 5) is 12.9. The third-order valence-corrected chi connectivity index (χ3v) is 3.90. The normalized spacial score (nSPS) is 10.8. The van der Waals surface area contributed by atoms with Gasteiger partial charge in [-0.2, -0.15) is 0 Å². The standard InChI is InChI=1S/C19H17NO/c1-12-7-8-14-5-3-4-6-16(14)18(12)19(21)15-9-10-17(20)13(2)11-15/h3-11H,20H2,1-2H3. The first-order chi connectivity index (χ1) is 10.1. The number of ketones is 1. The van der Waals surface area contributed by atoms with Crippen molar-refractivity contribution in [2.45, 2.75) is 13.8 Å². The highest BCUT2D eigenvalue weighted by Gasteiger charge is 2.15. The first-order valence-electron chi connectivity index (χ1n) is 6.97. The van der Waals surface area contributed by atoms with E-state index in [1.54, 1.807) is 12.1 Å². The van der Waals surface area contributed by atoms with E-state index >= 15 is 0 Å². The summed E-state index contributed by atoms with van der Waals surface area (Å²) in [5.74, 6) is 0.0485. The van der Waals surface area contributed by atoms with Crippen molar-refractivity contribution in [3.8, 4) is 0 Å². The molecule has 0 bridgehead atoms. The van der Waals surface area contributed by atoms with Gasteiger partial charge in [0.15, 0.2) is 5.78 Å². The zero-order valence-corrected chi connectivity index (χ0v) is 12.2. The van der Waals surface area contributed by atoms with Gasteiger partial charge in [0, 0.05) is 16.8 Å². The van der Waals surface area contributed by atoms with Crippen molar-refractivity contribution >= 4 is 22.2 Å². The Bertz CT molecular complexity index is 849. The Morgan fingerprint density at radius 2 is 1.67 bits per heavy atom. The molecule has 3 aromatic carbocycles. The predicted octanol–water partition coefficient (Wildman–Crippen LogP) is 4.27. The first-order valence-corrected chi connectivity index (χ1v) is 6.97. The smallest absolute Gasteiger partial charge is 0.193 e. The molecule has 0 saturated heterocycles. The largest absolute Gasteiger partial charge is 0.399 e. The van der Waals surface area contributed by atoms with Crippen LogP contribution >= 0.6 is 0 Å². The van der Waals surface area contributed by atoms with E-state index in [0.717, 1.165) is 27.5 Å². The summed E-state index contributed by atoms with van der Waals surface area (Å²) in [5, 5.41) is 2.08. The van der Waals surface area contributed by atoms with E-state index in [1.165, 1.54) is 0 Å². The number of anilines is 1. The van der Waals surface area contributed by atoms with Crippen molar-refractivity contribution in [3.63, 3.8) is 0 Å². The summed E-state index contributed by atoms with van der Waals surface area (Å²) in [6, 6.07) is 17.5. The van der Waals surface area contributed by atoms with Gasteiger partial charge in [-0.15, -0.1) is 0 Å². The molecule has 2 N–H and O–H groups in total. The lowest BCUT2D eigenvalue weighted by Crippen LogP contribution is -2.06. The minimum absolute atomic E-state index is 0.0485. The number of rotatable bonds is 2. The van der Waals surface area contributed by atoms with Gasteiger partial charge in [-0.3, -0.25) is 4.79 Å². The van der Waals surface area contributed by atoms with Crippen LogP contribution in [-0.2, 0) is 0 Å². The van der Waals surface area contributed by atoms with Gasteiger partial charge < -0.3 is 5.73 Å². The Labute approximate surface area is 124 Å². The molecule has 0 spiro atoms. The van der Waals surface area contributed by atoms with Crippen molar-refractivity contribution in [3.05, 3.63) is 76.9 Å². The van der Waals surface area contributed by atoms with Gasteiger partial charge in [0.25, 0.3) is 0 Å². The van der Waals surface area contributed by atoms with E-state index in [-0.39, 0.29) is 5.78 Å². The number of hydrogen-bond donors (Lipinski definition) is 1. The van der Waals surface area contributed by atoms with Crippen LogP contribution in [0.15, 0.2) is 54.6 Å². The summed E-state index contributed by atoms with van der Waals surface area (Å²) in [6.07, 6.45) is 0. The maximum atomic E-state index is 12.9. The van der Waals surface area contributed by atoms with Gasteiger partial charge in [-0.25, -0.2) is 0 Å². The van der Waals surface area contributed by atoms with Crippen molar-refractivity contribution < 1.29 is 4.79 Å². The molecule has 0 aliphatic rings. The monoisotopic (exact) mass is 275 g/mol. The Kier molecular flexibility index (Phi) is 3.22. The molecule has 3 rings (SSSR count). The van der Waals surface area contributed by atoms with Crippen LogP contribution in [0.25, 0.3) is 10.8 Å². The van der Waals surface area contributed by atoms with Gasteiger partial charge in [-0.1, -0.05) is 36.4 Å². The van der Waals surface area contributed by atoms with E-state index in [0.29, 0.717) is 11.3 Å². The highest BCUT2D eigenvalue weighted by molar-refractivity contribution is 6.17. The van der Waals surface area contributed by atoms with Crippen LogP contribution in [0.4, 0.5) is 5.69 Å². The molecule has 104 valence electrons. The summed E-state index contributed by atoms with van der Waals surface area (Å²) in [7, 11) is 0. The Morgan fingerprint density at radius 1 is 0.905 bits per heavy atom. The van der Waals surface area contributed by atoms with Crippen LogP contribution in [0, 0.1) is 13.8 Å². The maximum Gasteiger partial charge on any atom is 0.193 e. The SMILES string of the molecule is Cc1cc(C(=O)c2c(C)ccc3ccccc23)ccc1N. The molecule has 0 aliphatic carbocycles. The van der Waals surface area contributed by atoms with Crippen molar-refractivity contribution in [1.29, 1.82) is 0 Å². The van der Waals surface area contributed by atoms with Crippen LogP contribution in [0.5, 0.6) is 0 Å². The fourth-order valence-corrected chi connectivity index (χ4v) is 2.64. The Morgan fingerprint density at radius 3 is 2.43 bits per heavy atom. The number of carbonyl (C=O) groups excluding carboxylic acids is 1. The summed E-state index contributed by atoms with van der Waals surface area (Å²) in [6.45, 7) is 3.89. The van der Waals surface area contributed by atoms with Gasteiger partial charge >= 0.3 is 0 Å². The average molecular weight is 275 g/mol. The van der Waals surface area contributed by atoms with Gasteiger partial charge in [0.2, 0.25) is 0 Å². The molecule has 0 saturated carbocycles. The molecular formula is C19H17NO. The quantitative estimate of drug-likeness (QED) is 0.560. The molecule has 0 heterocycles. The topological polar surface area (TPSA) is 43.1 Å². The number of nitrogen functional groups attached to an aromatic ring is 1. The zero-order chi connectivity index (χ0) is 15.0. The van der Waals surface area contributed by atoms with Crippen LogP contribution < -0.4 is 5.73 Å². The molecular weight excluding hydrogens is 258 g/mol. The minimum atomic E-state index is 0.0485. The number of benzene rings is 3. The summed E-state index contributed by atoms with van der Waals surface area (Å²) >= 11 is 0. The number of nitrogens with two attached hydrogens (primary N) is 1. The Balaban J connectivity index is 2.21. The number of carbonyl (C=O) groups is 1. The minimum Gasteiger partial charge on any atom is -0.399 e. The maximum absolute atomic E-state index is 12.9. The fourth-order valence-electron chi connectivity index (χ4n) is 2.64. The zero-order valence-electron chi connectivity index (χ0n) is 12.2. The van der Waals surface area contributed by atoms with Crippen LogP contribution in [-0.4, -0.2) is 5.78 Å². The fraction of sp³-hybridized carbons (Fsp3) is 0.105. The van der Waals surface area contributed by atoms with Crippen LogP contribution in [0.3, 0.4) is 0 Å². The van der Waals surface area contributed by atoms with Crippen molar-refractivity contribution in [2.24, 2.45) is 0 Å². The molecule has 2 nitrogen and oxygen atoms in total. The lowest BCUT2D eigenvalue weighted by molar-refractivity contribution is 0.103. The molecule has 0 amide bonds. The third-order valence-electron chi connectivity index (χ3n) is 3.90. The van der Waals surface area contributed by atoms with Crippen molar-refractivity contribution in [2.75, 3.05) is 5.73 Å². The lowest BCUT2D eigenvalue weighted by atomic mass is 9.92. The molecule has 0 radical (unpaired) electrons. The van der Waals surface area contributed by atoms with E-state index in [1.807, 2.05) is 50.2 Å². The van der Waals surface area contributed by atoms with E-state index in [9.17, 15) is 4.79 Å². The third kappa shape index (κ3) is 2.29. The van der Waals surface area contributed by atoms with E-state index in [4.69, 9.17) is 5.73 Å². The van der Waals surface area contributed by atoms with E-state index in [2.05, 4.69) is 6.07 Å². The molecule has 0 aromatic heterocycles. The molecule has 0 atom stereocenters. The first kappa shape index (κ1) is 13.4. The second-order valence-electron chi connectivity index (χ2n) is 5.38. The molecule has 2 heteroatoms. The second kappa shape index (κ2) is 5.06. The molecule has 3 aromatic rings. The van der Waals surface area contributed by atoms with Gasteiger partial charge in [0.05, 0.1) is 0 Å². The highest BCUT2D eigenvalue weighted by atomic mass is 16.1. The average Bonchev–Trinajstić information content (AvgIpc) is 2.49. The molecule has 21 heavy (non-hydrogen) atoms. The summed E-state index contributed by atoms with van der Waals surface area (Å²) < 4.78 is 0. The lowest BCUT2D eigenvalue weighted by Gasteiger charge is -2.10. The second-order valence-corrected chi connectivity index (χ2v) is 5.38. The van der Waals surface area contributed by atoms with E-state index < -0.39 is 0 Å². The summed E-state index contributed by atoms with van der Waals surface area (Å²) in [5.41, 5.74) is 9.93. The predicted molar refractivity (Wildman–Crippen MR) is 87.7 cm³/mol. The van der Waals surface area contributed by atoms with Gasteiger partial charge in [0.1, 0.15) is 0 Å². The molecule has 0 unspecified atom stereocenters. The molecule has 0 aliphatic heterocycles.